The fraction of sp³-hybridized carbons (Fsp3) is 0.308. The van der Waals surface area contributed by atoms with Crippen molar-refractivity contribution in [3.63, 3.8) is 0 Å². The fourth-order valence-corrected chi connectivity index (χ4v) is 1.90. The summed E-state index contributed by atoms with van der Waals surface area (Å²) in [6.45, 7) is 0.750. The van der Waals surface area contributed by atoms with Crippen molar-refractivity contribution in [1.29, 1.82) is 0 Å². The van der Waals surface area contributed by atoms with Gasteiger partial charge in [-0.1, -0.05) is 18.2 Å². The van der Waals surface area contributed by atoms with E-state index in [-0.39, 0.29) is 6.04 Å². The number of hydrogen-bond acceptors (Lipinski definition) is 3. The van der Waals surface area contributed by atoms with Crippen molar-refractivity contribution in [2.24, 2.45) is 9.98 Å². The molecule has 1 aliphatic rings. The number of carbonyl (C=O) groups is 1. The minimum Gasteiger partial charge on any atom is -0.478 e. The molecule has 0 saturated carbocycles. The first kappa shape index (κ1) is 11.5. The maximum Gasteiger partial charge on any atom is 0.335 e. The molecule has 0 amide bonds. The Labute approximate surface area is 99.7 Å². The molecule has 1 aliphatic heterocycles. The predicted molar refractivity (Wildman–Crippen MR) is 67.4 cm³/mol. The molecule has 1 heterocycles. The minimum absolute atomic E-state index is 0.123. The molecule has 0 radical (unpaired) electrons. The molecule has 1 atom stereocenters. The molecule has 2 rings (SSSR count). The third kappa shape index (κ3) is 3.00. The van der Waals surface area contributed by atoms with Crippen molar-refractivity contribution in [3.05, 3.63) is 35.4 Å². The first-order valence-corrected chi connectivity index (χ1v) is 5.60. The Morgan fingerprint density at radius 1 is 1.35 bits per heavy atom. The lowest BCUT2D eigenvalue weighted by Gasteiger charge is -2.11. The molecule has 1 aromatic carbocycles. The van der Waals surface area contributed by atoms with E-state index in [0.29, 0.717) is 12.0 Å². The molecule has 0 bridgehead atoms. The van der Waals surface area contributed by atoms with Gasteiger partial charge in [0.2, 0.25) is 0 Å². The number of aromatic carboxylic acids is 1. The number of nitrogens with zero attached hydrogens (tertiary/aromatic N) is 2. The molecule has 0 fully saturated rings. The molecule has 0 spiro atoms. The maximum absolute atomic E-state index is 11.1. The van der Waals surface area contributed by atoms with Crippen LogP contribution in [0.3, 0.4) is 0 Å². The highest BCUT2D eigenvalue weighted by molar-refractivity contribution is 6.16. The van der Waals surface area contributed by atoms with Gasteiger partial charge in [0.15, 0.2) is 0 Å². The number of carboxylic acid groups (broad SMARTS) is 1. The first-order valence-electron chi connectivity index (χ1n) is 5.60. The second-order valence-electron chi connectivity index (χ2n) is 3.96. The molecule has 0 aromatic heterocycles. The standard InChI is InChI=1S/C13H14N2O2/c16-13(17)12-4-2-1-3-10(12)9-11-5-6-14-7-8-15-11/h1-4,7-8,11H,5-6,9H2,(H,16,17). The van der Waals surface area contributed by atoms with Crippen molar-refractivity contribution in [3.8, 4) is 0 Å². The van der Waals surface area contributed by atoms with Crippen molar-refractivity contribution in [2.75, 3.05) is 6.54 Å². The van der Waals surface area contributed by atoms with Crippen molar-refractivity contribution in [2.45, 2.75) is 18.9 Å². The highest BCUT2D eigenvalue weighted by atomic mass is 16.4. The number of carboxylic acids is 1. The van der Waals surface area contributed by atoms with E-state index in [4.69, 9.17) is 5.11 Å². The molecule has 1 N–H and O–H groups in total. The van der Waals surface area contributed by atoms with E-state index in [1.165, 1.54) is 0 Å². The molecule has 1 aromatic rings. The van der Waals surface area contributed by atoms with Crippen LogP contribution in [0, 0.1) is 0 Å². The predicted octanol–water partition coefficient (Wildman–Crippen LogP) is 1.84. The Morgan fingerprint density at radius 2 is 2.18 bits per heavy atom. The van der Waals surface area contributed by atoms with Crippen LogP contribution in [-0.2, 0) is 6.42 Å². The summed E-state index contributed by atoms with van der Waals surface area (Å²) >= 11 is 0. The summed E-state index contributed by atoms with van der Waals surface area (Å²) in [5.41, 5.74) is 1.21. The highest BCUT2D eigenvalue weighted by Gasteiger charge is 2.14. The van der Waals surface area contributed by atoms with Crippen LogP contribution in [0.2, 0.25) is 0 Å². The third-order valence-corrected chi connectivity index (χ3v) is 2.76. The minimum atomic E-state index is -0.880. The number of rotatable bonds is 3. The van der Waals surface area contributed by atoms with Crippen LogP contribution < -0.4 is 0 Å². The van der Waals surface area contributed by atoms with Gasteiger partial charge in [-0.25, -0.2) is 4.79 Å². The van der Waals surface area contributed by atoms with Crippen molar-refractivity contribution >= 4 is 18.4 Å². The van der Waals surface area contributed by atoms with Gasteiger partial charge >= 0.3 is 5.97 Å². The van der Waals surface area contributed by atoms with E-state index < -0.39 is 5.97 Å². The molecule has 17 heavy (non-hydrogen) atoms. The van der Waals surface area contributed by atoms with Gasteiger partial charge in [0, 0.05) is 19.0 Å². The molecule has 4 heteroatoms. The second kappa shape index (κ2) is 5.39. The summed E-state index contributed by atoms with van der Waals surface area (Å²) in [6.07, 6.45) is 4.91. The summed E-state index contributed by atoms with van der Waals surface area (Å²) < 4.78 is 0. The van der Waals surface area contributed by atoms with Gasteiger partial charge in [0.25, 0.3) is 0 Å². The van der Waals surface area contributed by atoms with E-state index in [0.717, 1.165) is 18.5 Å². The van der Waals surface area contributed by atoms with Crippen LogP contribution in [0.4, 0.5) is 0 Å². The lowest BCUT2D eigenvalue weighted by molar-refractivity contribution is 0.0695. The fourth-order valence-electron chi connectivity index (χ4n) is 1.90. The molecular weight excluding hydrogens is 216 g/mol. The molecule has 1 unspecified atom stereocenters. The zero-order valence-electron chi connectivity index (χ0n) is 9.41. The average molecular weight is 230 g/mol. The Kier molecular flexibility index (Phi) is 3.65. The van der Waals surface area contributed by atoms with E-state index in [9.17, 15) is 4.79 Å². The third-order valence-electron chi connectivity index (χ3n) is 2.76. The van der Waals surface area contributed by atoms with E-state index in [1.807, 2.05) is 12.1 Å². The van der Waals surface area contributed by atoms with Gasteiger partial charge in [0.1, 0.15) is 0 Å². The smallest absolute Gasteiger partial charge is 0.335 e. The summed E-state index contributed by atoms with van der Waals surface area (Å²) in [4.78, 5) is 19.5. The monoisotopic (exact) mass is 230 g/mol. The van der Waals surface area contributed by atoms with Gasteiger partial charge < -0.3 is 5.11 Å². The Bertz CT molecular complexity index is 466. The summed E-state index contributed by atoms with van der Waals surface area (Å²) in [7, 11) is 0. The molecule has 4 nitrogen and oxygen atoms in total. The molecule has 0 saturated heterocycles. The van der Waals surface area contributed by atoms with E-state index >= 15 is 0 Å². The Balaban J connectivity index is 2.15. The van der Waals surface area contributed by atoms with E-state index in [1.54, 1.807) is 24.6 Å². The van der Waals surface area contributed by atoms with Gasteiger partial charge in [-0.2, -0.15) is 0 Å². The highest BCUT2D eigenvalue weighted by Crippen LogP contribution is 2.15. The van der Waals surface area contributed by atoms with Crippen molar-refractivity contribution in [1.82, 2.24) is 0 Å². The second-order valence-corrected chi connectivity index (χ2v) is 3.96. The van der Waals surface area contributed by atoms with E-state index in [2.05, 4.69) is 9.98 Å². The summed E-state index contributed by atoms with van der Waals surface area (Å²) in [5, 5.41) is 9.09. The number of aliphatic imine (C=N–C) groups is 2. The molecular formula is C13H14N2O2. The first-order chi connectivity index (χ1) is 8.27. The van der Waals surface area contributed by atoms with Crippen molar-refractivity contribution < 1.29 is 9.90 Å². The van der Waals surface area contributed by atoms with Crippen LogP contribution in [0.5, 0.6) is 0 Å². The van der Waals surface area contributed by atoms with Crippen LogP contribution in [0.1, 0.15) is 22.3 Å². The van der Waals surface area contributed by atoms with Crippen LogP contribution in [0.15, 0.2) is 34.3 Å². The normalized spacial score (nSPS) is 18.9. The zero-order valence-corrected chi connectivity index (χ0v) is 9.41. The molecule has 0 aliphatic carbocycles. The zero-order chi connectivity index (χ0) is 12.1. The number of hydrogen-bond donors (Lipinski definition) is 1. The SMILES string of the molecule is O=C(O)c1ccccc1CC1CCN=CC=N1. The summed E-state index contributed by atoms with van der Waals surface area (Å²) in [6, 6.07) is 7.21. The van der Waals surface area contributed by atoms with Crippen LogP contribution in [-0.4, -0.2) is 36.1 Å². The Morgan fingerprint density at radius 3 is 3.00 bits per heavy atom. The lowest BCUT2D eigenvalue weighted by atomic mass is 9.99. The molecule has 88 valence electrons. The topological polar surface area (TPSA) is 62.0 Å². The van der Waals surface area contributed by atoms with Gasteiger partial charge in [-0.3, -0.25) is 9.98 Å². The van der Waals surface area contributed by atoms with Gasteiger partial charge in [0.05, 0.1) is 11.6 Å². The van der Waals surface area contributed by atoms with Crippen LogP contribution >= 0.6 is 0 Å². The van der Waals surface area contributed by atoms with Crippen LogP contribution in [0.25, 0.3) is 0 Å². The largest absolute Gasteiger partial charge is 0.478 e. The number of benzene rings is 1. The maximum atomic E-state index is 11.1. The average Bonchev–Trinajstić information content (AvgIpc) is 2.58. The van der Waals surface area contributed by atoms with Gasteiger partial charge in [-0.05, 0) is 24.5 Å². The van der Waals surface area contributed by atoms with Gasteiger partial charge in [-0.15, -0.1) is 0 Å². The Hall–Kier alpha value is -1.97. The lowest BCUT2D eigenvalue weighted by Crippen LogP contribution is -2.12. The quantitative estimate of drug-likeness (QED) is 0.861. The summed E-state index contributed by atoms with van der Waals surface area (Å²) in [5.74, 6) is -0.880.